The van der Waals surface area contributed by atoms with E-state index < -0.39 is 41.9 Å². The smallest absolute Gasteiger partial charge is 0.413 e. The molecule has 0 radical (unpaired) electrons. The number of hydrogen-bond donors (Lipinski definition) is 4. The van der Waals surface area contributed by atoms with Gasteiger partial charge in [0, 0.05) is 35.3 Å². The lowest BCUT2D eigenvalue weighted by atomic mass is 9.96. The molecule has 43 heavy (non-hydrogen) atoms. The van der Waals surface area contributed by atoms with Gasteiger partial charge in [0.2, 0.25) is 5.88 Å². The van der Waals surface area contributed by atoms with Crippen LogP contribution in [0.15, 0.2) is 24.5 Å². The van der Waals surface area contributed by atoms with Crippen molar-refractivity contribution in [3.05, 3.63) is 35.9 Å². The number of pyridine rings is 2. The Kier molecular flexibility index (Phi) is 7.97. The van der Waals surface area contributed by atoms with Crippen molar-refractivity contribution in [1.82, 2.24) is 9.97 Å². The number of nitrogens with zero attached hydrogens (tertiary/aromatic N) is 3. The molecular weight excluding hydrogens is 565 g/mol. The lowest BCUT2D eigenvalue weighted by Crippen LogP contribution is -2.37. The second-order valence-electron chi connectivity index (χ2n) is 11.4. The first-order valence-electron chi connectivity index (χ1n) is 13.7. The first kappa shape index (κ1) is 29.8. The third-order valence-corrected chi connectivity index (χ3v) is 7.07. The van der Waals surface area contributed by atoms with Crippen LogP contribution >= 0.6 is 0 Å². The van der Waals surface area contributed by atoms with Crippen LogP contribution < -0.4 is 20.3 Å². The summed E-state index contributed by atoms with van der Waals surface area (Å²) in [6.07, 6.45) is 0.284. The third-order valence-electron chi connectivity index (χ3n) is 7.07. The van der Waals surface area contributed by atoms with Gasteiger partial charge in [-0.05, 0) is 63.6 Å². The molecular formula is C29H32FN5O8. The number of anilines is 3. The summed E-state index contributed by atoms with van der Waals surface area (Å²) in [5, 5.41) is 25.1. The standard InChI is InChI=1S/C29H32FN5O8/c1-14-19(12-32-25-24(14)35(28(39)40)7-8-41-25)18-9-15-10-21(33-26(37)42-17-6-5-16(36)11-17)31-13-20(15)23(22(18)30)34-27(38)43-29(2,3)4/h9-10,12-13,16-17,36H,5-8,11H2,1-4H3,(H,34,38)(H,39,40)(H,31,33,37)/t16-,17+/m1/s1. The van der Waals surface area contributed by atoms with Gasteiger partial charge < -0.3 is 24.4 Å². The molecule has 2 aliphatic rings. The fourth-order valence-electron chi connectivity index (χ4n) is 5.17. The first-order chi connectivity index (χ1) is 20.3. The molecule has 13 nitrogen and oxygen atoms in total. The average molecular weight is 598 g/mol. The molecule has 2 aromatic heterocycles. The van der Waals surface area contributed by atoms with Gasteiger partial charge in [0.25, 0.3) is 0 Å². The molecule has 1 aromatic carbocycles. The second-order valence-corrected chi connectivity index (χ2v) is 11.4. The van der Waals surface area contributed by atoms with E-state index in [0.717, 1.165) is 4.90 Å². The van der Waals surface area contributed by atoms with Crippen molar-refractivity contribution in [2.75, 3.05) is 28.7 Å². The summed E-state index contributed by atoms with van der Waals surface area (Å²) >= 11 is 0. The summed E-state index contributed by atoms with van der Waals surface area (Å²) in [5.41, 5.74) is -0.253. The van der Waals surface area contributed by atoms with Crippen molar-refractivity contribution in [3.63, 3.8) is 0 Å². The topological polar surface area (TPSA) is 172 Å². The highest BCUT2D eigenvalue weighted by Crippen LogP contribution is 2.42. The highest BCUT2D eigenvalue weighted by atomic mass is 19.1. The Morgan fingerprint density at radius 2 is 1.86 bits per heavy atom. The van der Waals surface area contributed by atoms with Gasteiger partial charge in [0.15, 0.2) is 5.82 Å². The number of carbonyl (C=O) groups is 3. The number of carbonyl (C=O) groups excluding carboxylic acids is 2. The highest BCUT2D eigenvalue weighted by Gasteiger charge is 2.30. The molecule has 2 atom stereocenters. The van der Waals surface area contributed by atoms with Crippen LogP contribution in [-0.2, 0) is 9.47 Å². The van der Waals surface area contributed by atoms with Crippen LogP contribution in [0, 0.1) is 12.7 Å². The number of ether oxygens (including phenoxy) is 3. The number of carboxylic acid groups (broad SMARTS) is 1. The van der Waals surface area contributed by atoms with Crippen molar-refractivity contribution in [2.45, 2.75) is 64.8 Å². The van der Waals surface area contributed by atoms with Gasteiger partial charge in [-0.15, -0.1) is 0 Å². The zero-order valence-electron chi connectivity index (χ0n) is 24.1. The maximum absolute atomic E-state index is 16.3. The minimum atomic E-state index is -1.21. The summed E-state index contributed by atoms with van der Waals surface area (Å²) in [6, 6.07) is 2.97. The number of nitrogens with one attached hydrogen (secondary N) is 2. The van der Waals surface area contributed by atoms with Crippen LogP contribution in [-0.4, -0.2) is 69.4 Å². The number of aliphatic hydroxyl groups is 1. The van der Waals surface area contributed by atoms with E-state index in [2.05, 4.69) is 20.6 Å². The first-order valence-corrected chi connectivity index (χ1v) is 13.7. The largest absolute Gasteiger partial charge is 0.474 e. The Morgan fingerprint density at radius 1 is 1.09 bits per heavy atom. The van der Waals surface area contributed by atoms with E-state index in [1.54, 1.807) is 27.7 Å². The third kappa shape index (κ3) is 6.38. The minimum Gasteiger partial charge on any atom is -0.474 e. The van der Waals surface area contributed by atoms with Gasteiger partial charge in [-0.25, -0.2) is 28.7 Å². The lowest BCUT2D eigenvalue weighted by molar-refractivity contribution is 0.0635. The van der Waals surface area contributed by atoms with E-state index in [4.69, 9.17) is 14.2 Å². The lowest BCUT2D eigenvalue weighted by Gasteiger charge is -2.29. The fourth-order valence-corrected chi connectivity index (χ4v) is 5.17. The minimum absolute atomic E-state index is 0.00180. The normalized spacial score (nSPS) is 18.0. The highest BCUT2D eigenvalue weighted by molar-refractivity contribution is 6.04. The predicted octanol–water partition coefficient (Wildman–Crippen LogP) is 5.43. The van der Waals surface area contributed by atoms with Gasteiger partial charge in [0.05, 0.1) is 18.3 Å². The summed E-state index contributed by atoms with van der Waals surface area (Å²) in [4.78, 5) is 46.7. The SMILES string of the molecule is Cc1c(-c2cc3cc(NC(=O)O[C@H]4CC[C@@H](O)C4)ncc3c(NC(=O)OC(C)(C)C)c2F)cnc2c1N(C(=O)O)CCO2. The molecule has 1 aliphatic carbocycles. The van der Waals surface area contributed by atoms with Crippen molar-refractivity contribution in [3.8, 4) is 17.0 Å². The van der Waals surface area contributed by atoms with Crippen LogP contribution in [0.1, 0.15) is 45.6 Å². The molecule has 0 unspecified atom stereocenters. The van der Waals surface area contributed by atoms with Crippen LogP contribution in [0.5, 0.6) is 5.88 Å². The molecule has 3 aromatic rings. The van der Waals surface area contributed by atoms with E-state index in [-0.39, 0.29) is 52.7 Å². The van der Waals surface area contributed by atoms with E-state index in [1.165, 1.54) is 24.5 Å². The molecule has 3 amide bonds. The van der Waals surface area contributed by atoms with Gasteiger partial charge in [-0.3, -0.25) is 15.5 Å². The fraction of sp³-hybridized carbons (Fsp3) is 0.414. The maximum atomic E-state index is 16.3. The molecule has 1 saturated carbocycles. The number of hydrogen-bond acceptors (Lipinski definition) is 9. The van der Waals surface area contributed by atoms with Gasteiger partial charge in [-0.2, -0.15) is 0 Å². The Bertz CT molecular complexity index is 1610. The van der Waals surface area contributed by atoms with E-state index in [9.17, 15) is 24.6 Å². The quantitative estimate of drug-likeness (QED) is 0.304. The number of halogens is 1. The average Bonchev–Trinajstić information content (AvgIpc) is 3.33. The molecule has 5 rings (SSSR count). The zero-order valence-corrected chi connectivity index (χ0v) is 24.1. The van der Waals surface area contributed by atoms with Crippen molar-refractivity contribution >= 4 is 46.2 Å². The number of benzene rings is 1. The van der Waals surface area contributed by atoms with Crippen molar-refractivity contribution < 1.29 is 43.2 Å². The molecule has 1 fully saturated rings. The molecule has 4 N–H and O–H groups in total. The van der Waals surface area contributed by atoms with Crippen molar-refractivity contribution in [2.24, 2.45) is 0 Å². The van der Waals surface area contributed by atoms with E-state index in [0.29, 0.717) is 30.2 Å². The zero-order chi connectivity index (χ0) is 31.1. The molecule has 14 heteroatoms. The molecule has 1 aliphatic heterocycles. The predicted molar refractivity (Wildman–Crippen MR) is 154 cm³/mol. The summed E-state index contributed by atoms with van der Waals surface area (Å²) in [6.45, 7) is 6.81. The Hall–Kier alpha value is -4.72. The van der Waals surface area contributed by atoms with Gasteiger partial charge in [-0.1, -0.05) is 0 Å². The molecule has 3 heterocycles. The van der Waals surface area contributed by atoms with E-state index in [1.807, 2.05) is 0 Å². The number of aromatic nitrogens is 2. The van der Waals surface area contributed by atoms with Crippen LogP contribution in [0.3, 0.4) is 0 Å². The second kappa shape index (κ2) is 11.5. The summed E-state index contributed by atoms with van der Waals surface area (Å²) < 4.78 is 32.6. The van der Waals surface area contributed by atoms with Crippen LogP contribution in [0.2, 0.25) is 0 Å². The Balaban J connectivity index is 1.58. The van der Waals surface area contributed by atoms with Crippen molar-refractivity contribution in [1.29, 1.82) is 0 Å². The maximum Gasteiger partial charge on any atom is 0.413 e. The molecule has 0 bridgehead atoms. The number of aliphatic hydroxyl groups excluding tert-OH is 1. The number of rotatable bonds is 4. The molecule has 0 saturated heterocycles. The van der Waals surface area contributed by atoms with Gasteiger partial charge >= 0.3 is 18.3 Å². The molecule has 0 spiro atoms. The Labute approximate surface area is 246 Å². The van der Waals surface area contributed by atoms with E-state index >= 15 is 4.39 Å². The Morgan fingerprint density at radius 3 is 2.53 bits per heavy atom. The summed E-state index contributed by atoms with van der Waals surface area (Å²) in [5.74, 6) is -0.627. The monoisotopic (exact) mass is 597 g/mol. The summed E-state index contributed by atoms with van der Waals surface area (Å²) in [7, 11) is 0. The number of fused-ring (bicyclic) bond motifs is 2. The molecule has 228 valence electrons. The van der Waals surface area contributed by atoms with Crippen LogP contribution in [0.25, 0.3) is 21.9 Å². The van der Waals surface area contributed by atoms with Gasteiger partial charge in [0.1, 0.15) is 29.8 Å². The number of amides is 3. The van der Waals surface area contributed by atoms with Crippen LogP contribution in [0.4, 0.5) is 36.0 Å².